The Hall–Kier alpha value is -2.64. The molecule has 0 saturated carbocycles. The zero-order chi connectivity index (χ0) is 16.5. The fourth-order valence-electron chi connectivity index (χ4n) is 1.86. The normalized spacial score (nSPS) is 10.0. The van der Waals surface area contributed by atoms with Gasteiger partial charge in [-0.3, -0.25) is 19.7 Å². The maximum atomic E-state index is 11.9. The van der Waals surface area contributed by atoms with Gasteiger partial charge in [-0.2, -0.15) is 0 Å². The number of para-hydroxylation sites is 2. The molecule has 1 amide bonds. The number of carboxylic acids is 1. The highest BCUT2D eigenvalue weighted by molar-refractivity contribution is 5.81. The second-order valence-corrected chi connectivity index (χ2v) is 4.53. The van der Waals surface area contributed by atoms with E-state index >= 15 is 0 Å². The fourth-order valence-corrected chi connectivity index (χ4v) is 1.86. The van der Waals surface area contributed by atoms with Gasteiger partial charge in [-0.25, -0.2) is 0 Å². The van der Waals surface area contributed by atoms with Gasteiger partial charge in [-0.05, 0) is 12.5 Å². The summed E-state index contributed by atoms with van der Waals surface area (Å²) in [6.07, 6.45) is 0.601. The van der Waals surface area contributed by atoms with Gasteiger partial charge in [0.2, 0.25) is 5.91 Å². The third-order valence-corrected chi connectivity index (χ3v) is 2.81. The van der Waals surface area contributed by atoms with Crippen LogP contribution in [0.2, 0.25) is 0 Å². The Morgan fingerprint density at radius 2 is 2.05 bits per heavy atom. The number of amides is 1. The van der Waals surface area contributed by atoms with Crippen LogP contribution in [0.5, 0.6) is 5.75 Å². The van der Waals surface area contributed by atoms with Gasteiger partial charge in [0.25, 0.3) is 0 Å². The van der Waals surface area contributed by atoms with Gasteiger partial charge in [-0.1, -0.05) is 19.1 Å². The van der Waals surface area contributed by atoms with Crippen LogP contribution in [-0.2, 0) is 9.59 Å². The number of carbonyl (C=O) groups is 2. The molecule has 0 unspecified atom stereocenters. The molecule has 0 radical (unpaired) electrons. The lowest BCUT2D eigenvalue weighted by Gasteiger charge is -2.19. The predicted molar refractivity (Wildman–Crippen MR) is 77.7 cm³/mol. The third-order valence-electron chi connectivity index (χ3n) is 2.81. The fraction of sp³-hybridized carbons (Fsp3) is 0.429. The van der Waals surface area contributed by atoms with Crippen LogP contribution in [0, 0.1) is 10.1 Å². The van der Waals surface area contributed by atoms with E-state index in [9.17, 15) is 19.7 Å². The van der Waals surface area contributed by atoms with Crippen molar-refractivity contribution in [1.82, 2.24) is 4.90 Å². The molecule has 8 nitrogen and oxygen atoms in total. The van der Waals surface area contributed by atoms with Gasteiger partial charge in [0, 0.05) is 12.6 Å². The maximum absolute atomic E-state index is 11.9. The van der Waals surface area contributed by atoms with E-state index in [1.807, 2.05) is 6.92 Å². The summed E-state index contributed by atoms with van der Waals surface area (Å²) in [7, 11) is 0. The molecule has 0 aliphatic heterocycles. The molecule has 1 rings (SSSR count). The number of carboxylic acid groups (broad SMARTS) is 1. The SMILES string of the molecule is CCCN(CC(=O)O)C(=O)CCOc1ccccc1[N+](=O)[O-]. The van der Waals surface area contributed by atoms with Crippen LogP contribution in [0.15, 0.2) is 24.3 Å². The third kappa shape index (κ3) is 5.39. The lowest BCUT2D eigenvalue weighted by atomic mass is 10.3. The molecule has 22 heavy (non-hydrogen) atoms. The van der Waals surface area contributed by atoms with Crippen molar-refractivity contribution in [1.29, 1.82) is 0 Å². The summed E-state index contributed by atoms with van der Waals surface area (Å²) < 4.78 is 5.27. The molecule has 0 bridgehead atoms. The van der Waals surface area contributed by atoms with Crippen LogP contribution in [0.3, 0.4) is 0 Å². The van der Waals surface area contributed by atoms with E-state index in [0.29, 0.717) is 13.0 Å². The average molecular weight is 310 g/mol. The Kier molecular flexibility index (Phi) is 6.81. The standard InChI is InChI=1S/C14H18N2O6/c1-2-8-15(10-14(18)19)13(17)7-9-22-12-6-4-3-5-11(12)16(20)21/h3-6H,2,7-10H2,1H3,(H,18,19). The molecule has 0 atom stereocenters. The number of nitrogens with zero attached hydrogens (tertiary/aromatic N) is 2. The number of hydrogen-bond acceptors (Lipinski definition) is 5. The largest absolute Gasteiger partial charge is 0.486 e. The Morgan fingerprint density at radius 3 is 2.64 bits per heavy atom. The van der Waals surface area contributed by atoms with Crippen molar-refractivity contribution in [2.45, 2.75) is 19.8 Å². The quantitative estimate of drug-likeness (QED) is 0.549. The molecule has 8 heteroatoms. The summed E-state index contributed by atoms with van der Waals surface area (Å²) in [5.41, 5.74) is -0.175. The van der Waals surface area contributed by atoms with Crippen LogP contribution < -0.4 is 4.74 Å². The smallest absolute Gasteiger partial charge is 0.323 e. The van der Waals surface area contributed by atoms with Crippen molar-refractivity contribution in [3.63, 3.8) is 0 Å². The zero-order valence-corrected chi connectivity index (χ0v) is 12.2. The Morgan fingerprint density at radius 1 is 1.36 bits per heavy atom. The average Bonchev–Trinajstić information content (AvgIpc) is 2.46. The van der Waals surface area contributed by atoms with Crippen molar-refractivity contribution in [2.24, 2.45) is 0 Å². The monoisotopic (exact) mass is 310 g/mol. The van der Waals surface area contributed by atoms with E-state index in [1.165, 1.54) is 23.1 Å². The van der Waals surface area contributed by atoms with E-state index in [0.717, 1.165) is 0 Å². The molecule has 0 aliphatic carbocycles. The van der Waals surface area contributed by atoms with Crippen molar-refractivity contribution < 1.29 is 24.4 Å². The lowest BCUT2D eigenvalue weighted by Crippen LogP contribution is -2.36. The number of nitro groups is 1. The van der Waals surface area contributed by atoms with E-state index in [4.69, 9.17) is 9.84 Å². The molecule has 1 aromatic rings. The molecular weight excluding hydrogens is 292 g/mol. The number of rotatable bonds is 9. The predicted octanol–water partition coefficient (Wildman–Crippen LogP) is 1.69. The van der Waals surface area contributed by atoms with Crippen LogP contribution in [0.4, 0.5) is 5.69 Å². The Balaban J connectivity index is 2.57. The topological polar surface area (TPSA) is 110 Å². The second kappa shape index (κ2) is 8.60. The molecule has 0 heterocycles. The minimum atomic E-state index is -1.08. The summed E-state index contributed by atoms with van der Waals surface area (Å²) >= 11 is 0. The minimum Gasteiger partial charge on any atom is -0.486 e. The van der Waals surface area contributed by atoms with E-state index < -0.39 is 10.9 Å². The first kappa shape index (κ1) is 17.4. The molecule has 0 aromatic heterocycles. The van der Waals surface area contributed by atoms with Crippen LogP contribution >= 0.6 is 0 Å². The highest BCUT2D eigenvalue weighted by Gasteiger charge is 2.17. The first-order valence-corrected chi connectivity index (χ1v) is 6.81. The Bertz CT molecular complexity index is 546. The summed E-state index contributed by atoms with van der Waals surface area (Å²) in [4.78, 5) is 34.1. The van der Waals surface area contributed by atoms with Crippen molar-refractivity contribution in [2.75, 3.05) is 19.7 Å². The van der Waals surface area contributed by atoms with Gasteiger partial charge in [-0.15, -0.1) is 0 Å². The van der Waals surface area contributed by atoms with Gasteiger partial charge in [0.1, 0.15) is 6.54 Å². The highest BCUT2D eigenvalue weighted by atomic mass is 16.6. The molecule has 0 aliphatic rings. The molecule has 0 spiro atoms. The van der Waals surface area contributed by atoms with Gasteiger partial charge in [0.15, 0.2) is 5.75 Å². The van der Waals surface area contributed by atoms with E-state index in [1.54, 1.807) is 6.07 Å². The number of carbonyl (C=O) groups excluding carboxylic acids is 1. The zero-order valence-electron chi connectivity index (χ0n) is 12.2. The molecule has 1 N–H and O–H groups in total. The van der Waals surface area contributed by atoms with Crippen molar-refractivity contribution >= 4 is 17.6 Å². The van der Waals surface area contributed by atoms with Crippen molar-refractivity contribution in [3.8, 4) is 5.75 Å². The lowest BCUT2D eigenvalue weighted by molar-refractivity contribution is -0.385. The molecule has 120 valence electrons. The number of hydrogen-bond donors (Lipinski definition) is 1. The summed E-state index contributed by atoms with van der Waals surface area (Å²) in [6, 6.07) is 5.87. The van der Waals surface area contributed by atoms with Crippen LogP contribution in [0.25, 0.3) is 0 Å². The number of benzene rings is 1. The van der Waals surface area contributed by atoms with Crippen molar-refractivity contribution in [3.05, 3.63) is 34.4 Å². The summed E-state index contributed by atoms with van der Waals surface area (Å²) in [5, 5.41) is 19.6. The first-order chi connectivity index (χ1) is 10.5. The number of nitro benzene ring substituents is 1. The summed E-state index contributed by atoms with van der Waals surface area (Å²) in [6.45, 7) is 1.77. The molecular formula is C14H18N2O6. The Labute approximate surface area is 127 Å². The molecule has 0 saturated heterocycles. The minimum absolute atomic E-state index is 0.0423. The summed E-state index contributed by atoms with van der Waals surface area (Å²) in [5.74, 6) is -1.36. The van der Waals surface area contributed by atoms with Crippen LogP contribution in [-0.4, -0.2) is 46.5 Å². The van der Waals surface area contributed by atoms with Gasteiger partial charge >= 0.3 is 11.7 Å². The first-order valence-electron chi connectivity index (χ1n) is 6.81. The van der Waals surface area contributed by atoms with E-state index in [-0.39, 0.29) is 36.9 Å². The second-order valence-electron chi connectivity index (χ2n) is 4.53. The van der Waals surface area contributed by atoms with Gasteiger partial charge in [0.05, 0.1) is 18.0 Å². The molecule has 1 aromatic carbocycles. The number of ether oxygens (including phenoxy) is 1. The maximum Gasteiger partial charge on any atom is 0.323 e. The van der Waals surface area contributed by atoms with E-state index in [2.05, 4.69) is 0 Å². The van der Waals surface area contributed by atoms with Crippen LogP contribution in [0.1, 0.15) is 19.8 Å². The highest BCUT2D eigenvalue weighted by Crippen LogP contribution is 2.25. The van der Waals surface area contributed by atoms with Gasteiger partial charge < -0.3 is 14.7 Å². The molecule has 0 fully saturated rings. The number of aliphatic carboxylic acids is 1.